The molecule has 360 valence electrons. The normalized spacial score (nSPS) is 20.0. The maximum atomic E-state index is 13.3. The fourth-order valence-electron chi connectivity index (χ4n) is 8.35. The highest BCUT2D eigenvalue weighted by Gasteiger charge is 2.48. The van der Waals surface area contributed by atoms with E-state index in [4.69, 9.17) is 14.6 Å². The number of carboxylic acids is 1. The number of benzene rings is 2. The van der Waals surface area contributed by atoms with Crippen molar-refractivity contribution in [1.82, 2.24) is 4.72 Å². The number of ether oxygens (including phenoxy) is 2. The van der Waals surface area contributed by atoms with Crippen LogP contribution in [0.4, 0.5) is 11.4 Å². The Kier molecular flexibility index (Phi) is 18.6. The highest BCUT2D eigenvalue weighted by Crippen LogP contribution is 2.51. The monoisotopic (exact) mass is 983 g/mol. The van der Waals surface area contributed by atoms with Crippen LogP contribution in [-0.4, -0.2) is 127 Å². The molecule has 65 heavy (non-hydrogen) atoms. The van der Waals surface area contributed by atoms with E-state index in [0.29, 0.717) is 66.3 Å². The van der Waals surface area contributed by atoms with Gasteiger partial charge in [0.1, 0.15) is 16.7 Å². The number of unbranched alkanes of at least 4 members (excludes halogenated alkanes) is 2. The first-order valence-corrected chi connectivity index (χ1v) is 26.9. The van der Waals surface area contributed by atoms with Gasteiger partial charge in [0.05, 0.1) is 48.7 Å². The van der Waals surface area contributed by atoms with Gasteiger partial charge in [0.2, 0.25) is 15.7 Å². The van der Waals surface area contributed by atoms with E-state index in [-0.39, 0.29) is 56.8 Å². The summed E-state index contributed by atoms with van der Waals surface area (Å²) in [6.07, 6.45) is 13.9. The maximum absolute atomic E-state index is 13.3. The number of carbonyl (C=O) groups is 1. The van der Waals surface area contributed by atoms with Crippen molar-refractivity contribution < 1.29 is 71.3 Å². The molecule has 0 amide bonds. The summed E-state index contributed by atoms with van der Waals surface area (Å²) < 4.78 is 147. The fourth-order valence-corrected chi connectivity index (χ4v) is 10.9. The van der Waals surface area contributed by atoms with Crippen LogP contribution in [0.25, 0.3) is 0 Å². The number of sulfonamides is 1. The van der Waals surface area contributed by atoms with Crippen molar-refractivity contribution in [2.24, 2.45) is 0 Å². The van der Waals surface area contributed by atoms with Crippen LogP contribution in [0.5, 0.6) is 0 Å². The standard InChI is InChI=1S/C43H59N3O15S4/c1-42(22-13-29-62(49,50)51)35-31-33(64(55,56)44-24-27-60-3)18-20-38(35)46(26-28-61-4)40(42)16-10-7-5-6-9-15-39-43(2,23-14-30-63(52,53)54)36-32-34(65(57,58)59)19-21-37(36)45(39)25-12-8-11-17-41(47)48/h5-7,9-10,15-16,18-21,31-32,44H,8,11-14,17,22-30H2,1-4H3,(H3-,47,48,49,50,51,52,53,54,57,58,59)/p-2. The van der Waals surface area contributed by atoms with Gasteiger partial charge in [0.15, 0.2) is 5.71 Å². The molecule has 0 saturated heterocycles. The Hall–Kier alpha value is -4.10. The molecule has 2 aliphatic heterocycles. The molecule has 22 heteroatoms. The predicted octanol–water partition coefficient (Wildman–Crippen LogP) is 4.14. The van der Waals surface area contributed by atoms with E-state index in [1.54, 1.807) is 55.5 Å². The Labute approximate surface area is 382 Å². The number of hydrogen-bond donors (Lipinski definition) is 2. The lowest BCUT2D eigenvalue weighted by Gasteiger charge is -2.30. The Morgan fingerprint density at radius 3 is 1.97 bits per heavy atom. The molecule has 4 rings (SSSR count). The minimum atomic E-state index is -4.87. The van der Waals surface area contributed by atoms with Crippen molar-refractivity contribution in [3.63, 3.8) is 0 Å². The smallest absolute Gasteiger partial charge is 0.303 e. The average molecular weight is 984 g/mol. The zero-order valence-corrected chi connectivity index (χ0v) is 40.1. The fraction of sp³-hybridized carbons (Fsp3) is 0.488. The minimum absolute atomic E-state index is 0.00357. The van der Waals surface area contributed by atoms with E-state index in [9.17, 15) is 52.1 Å². The summed E-state index contributed by atoms with van der Waals surface area (Å²) in [6.45, 7) is 4.85. The lowest BCUT2D eigenvalue weighted by atomic mass is 9.76. The molecule has 0 saturated carbocycles. The summed E-state index contributed by atoms with van der Waals surface area (Å²) in [5.74, 6) is -2.21. The van der Waals surface area contributed by atoms with Gasteiger partial charge in [-0.25, -0.2) is 38.4 Å². The average Bonchev–Trinajstić information content (AvgIpc) is 3.57. The molecular formula is C43H57N3O15S4-2. The zero-order chi connectivity index (χ0) is 48.3. The number of nitrogens with one attached hydrogen (secondary N) is 1. The van der Waals surface area contributed by atoms with Gasteiger partial charge in [-0.1, -0.05) is 30.4 Å². The number of nitrogens with zero attached hydrogens (tertiary/aromatic N) is 2. The highest BCUT2D eigenvalue weighted by atomic mass is 32.2. The third-order valence-electron chi connectivity index (χ3n) is 11.5. The topological polar surface area (TPSA) is 280 Å². The summed E-state index contributed by atoms with van der Waals surface area (Å²) in [6, 6.07) is 8.70. The van der Waals surface area contributed by atoms with E-state index >= 15 is 0 Å². The Morgan fingerprint density at radius 1 is 0.754 bits per heavy atom. The third kappa shape index (κ3) is 14.4. The van der Waals surface area contributed by atoms with Gasteiger partial charge in [-0.05, 0) is 94.3 Å². The van der Waals surface area contributed by atoms with E-state index in [2.05, 4.69) is 4.72 Å². The van der Waals surface area contributed by atoms with Gasteiger partial charge in [0, 0.05) is 86.2 Å². The number of carboxylic acid groups (broad SMARTS) is 1. The first kappa shape index (κ1) is 53.5. The van der Waals surface area contributed by atoms with E-state index in [1.165, 1.54) is 38.5 Å². The second kappa shape index (κ2) is 22.6. The summed E-state index contributed by atoms with van der Waals surface area (Å²) in [5, 5.41) is 9.11. The van der Waals surface area contributed by atoms with Crippen LogP contribution in [-0.2, 0) is 65.5 Å². The molecule has 2 aliphatic rings. The van der Waals surface area contributed by atoms with Crippen molar-refractivity contribution in [3.8, 4) is 0 Å². The third-order valence-corrected chi connectivity index (χ3v) is 15.4. The van der Waals surface area contributed by atoms with Gasteiger partial charge in [-0.2, -0.15) is 4.58 Å². The van der Waals surface area contributed by atoms with Crippen molar-refractivity contribution in [3.05, 3.63) is 95.8 Å². The lowest BCUT2D eigenvalue weighted by molar-refractivity contribution is -0.438. The Bertz CT molecular complexity index is 2660. The van der Waals surface area contributed by atoms with E-state index in [0.717, 1.165) is 0 Å². The molecule has 2 heterocycles. The number of rotatable bonds is 27. The Balaban J connectivity index is 1.74. The van der Waals surface area contributed by atoms with E-state index in [1.807, 2.05) is 22.5 Å². The number of methoxy groups -OCH3 is 2. The van der Waals surface area contributed by atoms with Crippen molar-refractivity contribution in [2.75, 3.05) is 63.5 Å². The summed E-state index contributed by atoms with van der Waals surface area (Å²) >= 11 is 0. The summed E-state index contributed by atoms with van der Waals surface area (Å²) in [5.41, 5.74) is 1.66. The molecule has 0 radical (unpaired) electrons. The predicted molar refractivity (Wildman–Crippen MR) is 241 cm³/mol. The molecule has 2 atom stereocenters. The first-order chi connectivity index (χ1) is 30.4. The summed E-state index contributed by atoms with van der Waals surface area (Å²) in [7, 11) is -15.0. The van der Waals surface area contributed by atoms with Crippen LogP contribution in [0.1, 0.15) is 76.3 Å². The van der Waals surface area contributed by atoms with Gasteiger partial charge >= 0.3 is 5.97 Å². The maximum Gasteiger partial charge on any atom is 0.303 e. The van der Waals surface area contributed by atoms with Crippen LogP contribution in [0, 0.1) is 0 Å². The van der Waals surface area contributed by atoms with Gasteiger partial charge < -0.3 is 33.1 Å². The van der Waals surface area contributed by atoms with Gasteiger partial charge in [-0.15, -0.1) is 0 Å². The summed E-state index contributed by atoms with van der Waals surface area (Å²) in [4.78, 5) is 12.6. The highest BCUT2D eigenvalue weighted by molar-refractivity contribution is 7.89. The quantitative estimate of drug-likeness (QED) is 0.0551. The van der Waals surface area contributed by atoms with Gasteiger partial charge in [-0.3, -0.25) is 4.79 Å². The number of allylic oxidation sites excluding steroid dienone is 8. The molecule has 2 aromatic rings. The molecule has 2 N–H and O–H groups in total. The van der Waals surface area contributed by atoms with Crippen LogP contribution < -0.4 is 9.62 Å². The van der Waals surface area contributed by atoms with Crippen molar-refractivity contribution in [1.29, 1.82) is 0 Å². The molecule has 0 aliphatic carbocycles. The molecule has 18 nitrogen and oxygen atoms in total. The molecule has 0 spiro atoms. The first-order valence-electron chi connectivity index (χ1n) is 20.8. The van der Waals surface area contributed by atoms with Crippen LogP contribution in [0.15, 0.2) is 94.4 Å². The lowest BCUT2D eigenvalue weighted by Crippen LogP contribution is -2.32. The van der Waals surface area contributed by atoms with Crippen LogP contribution in [0.2, 0.25) is 0 Å². The molecular weight excluding hydrogens is 927 g/mol. The molecule has 0 aromatic heterocycles. The molecule has 2 unspecified atom stereocenters. The number of aliphatic carboxylic acids is 1. The number of fused-ring (bicyclic) bond motifs is 2. The van der Waals surface area contributed by atoms with Gasteiger partial charge in [0.25, 0.3) is 0 Å². The van der Waals surface area contributed by atoms with Crippen molar-refractivity contribution >= 4 is 63.4 Å². The van der Waals surface area contributed by atoms with E-state index < -0.39 is 73.6 Å². The number of anilines is 1. The molecule has 0 fully saturated rings. The largest absolute Gasteiger partial charge is 0.748 e. The second-order valence-electron chi connectivity index (χ2n) is 16.2. The second-order valence-corrected chi connectivity index (χ2v) is 22.4. The van der Waals surface area contributed by atoms with Crippen LogP contribution >= 0.6 is 0 Å². The van der Waals surface area contributed by atoms with Crippen LogP contribution in [0.3, 0.4) is 0 Å². The Morgan fingerprint density at radius 2 is 1.35 bits per heavy atom. The molecule has 2 aromatic carbocycles. The number of hydrogen-bond acceptors (Lipinski definition) is 15. The SMILES string of the molecule is COCCNS(=O)(=O)c1ccc2c(c1)C(C)(CCCS(=O)(=O)[O-])\C(=C/C=C/C=C/C=C/C1=[N+](CCCCCC(=O)O)c3ccc(S(=O)(=O)[O-])cc3C1(C)CCCS(=O)(=O)[O-])N2CCOC. The van der Waals surface area contributed by atoms with Crippen molar-refractivity contribution in [2.45, 2.75) is 85.8 Å². The molecule has 0 bridgehead atoms. The minimum Gasteiger partial charge on any atom is -0.748 e. The zero-order valence-electron chi connectivity index (χ0n) is 36.8.